The number of aromatic nitrogens is 2. The molecule has 0 fully saturated rings. The van der Waals surface area contributed by atoms with Crippen LogP contribution < -0.4 is 16.6 Å². The van der Waals surface area contributed by atoms with Crippen LogP contribution in [0.2, 0.25) is 0 Å². The van der Waals surface area contributed by atoms with Crippen LogP contribution in [0.3, 0.4) is 0 Å². The van der Waals surface area contributed by atoms with E-state index >= 15 is 0 Å². The summed E-state index contributed by atoms with van der Waals surface area (Å²) in [5.74, 6) is -2.24. The number of likely N-dealkylation sites (N-methyl/N-ethyl adjacent to an activating group) is 1. The number of carbonyl (C=O) groups excluding carboxylic acids is 2. The van der Waals surface area contributed by atoms with Gasteiger partial charge in [0.25, 0.3) is 5.56 Å². The van der Waals surface area contributed by atoms with E-state index in [1.54, 1.807) is 20.8 Å². The number of thiophene rings is 1. The Kier molecular flexibility index (Phi) is 9.49. The predicted molar refractivity (Wildman–Crippen MR) is 146 cm³/mol. The van der Waals surface area contributed by atoms with Gasteiger partial charge in [-0.15, -0.1) is 11.3 Å². The van der Waals surface area contributed by atoms with Gasteiger partial charge < -0.3 is 19.9 Å². The maximum absolute atomic E-state index is 14.2. The van der Waals surface area contributed by atoms with E-state index in [0.29, 0.717) is 0 Å². The van der Waals surface area contributed by atoms with Crippen LogP contribution in [0.4, 0.5) is 4.39 Å². The number of nitrogens with one attached hydrogen (secondary N) is 1. The van der Waals surface area contributed by atoms with E-state index in [-0.39, 0.29) is 64.7 Å². The van der Waals surface area contributed by atoms with E-state index in [0.717, 1.165) is 34.1 Å². The van der Waals surface area contributed by atoms with Crippen LogP contribution in [0.1, 0.15) is 61.0 Å². The highest BCUT2D eigenvalue weighted by molar-refractivity contribution is 7.20. The number of benzene rings is 1. The van der Waals surface area contributed by atoms with Crippen LogP contribution in [0.15, 0.2) is 27.8 Å². The summed E-state index contributed by atoms with van der Waals surface area (Å²) >= 11 is 0.868. The first kappa shape index (κ1) is 30.5. The highest BCUT2D eigenvalue weighted by Crippen LogP contribution is 2.33. The molecule has 0 aliphatic carbocycles. The lowest BCUT2D eigenvalue weighted by molar-refractivity contribution is -0.128. The number of aromatic hydroxyl groups is 1. The van der Waals surface area contributed by atoms with Crippen molar-refractivity contribution >= 4 is 33.4 Å². The summed E-state index contributed by atoms with van der Waals surface area (Å²) in [6.07, 6.45) is -1.16. The molecule has 2 N–H and O–H groups in total. The summed E-state index contributed by atoms with van der Waals surface area (Å²) in [5, 5.41) is 22.1. The molecule has 3 aromatic rings. The van der Waals surface area contributed by atoms with Gasteiger partial charge in [0.2, 0.25) is 5.91 Å². The number of hydrogen-bond acceptors (Lipinski definition) is 9. The highest BCUT2D eigenvalue weighted by Gasteiger charge is 2.36. The lowest BCUT2D eigenvalue weighted by Gasteiger charge is -2.27. The third-order valence-electron chi connectivity index (χ3n) is 6.34. The van der Waals surface area contributed by atoms with Crippen molar-refractivity contribution in [1.82, 2.24) is 14.5 Å². The zero-order chi connectivity index (χ0) is 29.8. The van der Waals surface area contributed by atoms with Crippen molar-refractivity contribution in [1.29, 1.82) is 5.26 Å². The molecular formula is C27H31FN4O7S. The number of nitrogens with zero attached hydrogens (tertiary/aromatic N) is 3. The minimum atomic E-state index is -1.64. The number of carbonyl (C=O) groups is 2. The van der Waals surface area contributed by atoms with Gasteiger partial charge in [-0.2, -0.15) is 5.26 Å². The molecule has 3 rings (SSSR count). The summed E-state index contributed by atoms with van der Waals surface area (Å²) in [6.45, 7) is 7.61. The molecule has 0 aliphatic heterocycles. The van der Waals surface area contributed by atoms with Crippen molar-refractivity contribution in [3.8, 4) is 11.8 Å². The SMILES string of the molecule is CCNC(=O)C(C)(C)n1c(=O)c2c(C)c(C(=O)OCC)sc2n(C[C@H](OCCC#N)c2cc(F)ccc2O)c1=O. The fourth-order valence-electron chi connectivity index (χ4n) is 4.31. The Bertz CT molecular complexity index is 1600. The number of nitriles is 1. The van der Waals surface area contributed by atoms with E-state index in [1.165, 1.54) is 18.4 Å². The number of ether oxygens (including phenoxy) is 2. The summed E-state index contributed by atoms with van der Waals surface area (Å²) in [4.78, 5) is 53.7. The molecule has 11 nitrogen and oxygen atoms in total. The Morgan fingerprint density at radius 2 is 1.98 bits per heavy atom. The zero-order valence-electron chi connectivity index (χ0n) is 22.9. The van der Waals surface area contributed by atoms with Gasteiger partial charge in [-0.25, -0.2) is 18.5 Å². The molecule has 40 heavy (non-hydrogen) atoms. The second-order valence-corrected chi connectivity index (χ2v) is 10.4. The Morgan fingerprint density at radius 3 is 2.60 bits per heavy atom. The first-order valence-corrected chi connectivity index (χ1v) is 13.4. The van der Waals surface area contributed by atoms with Crippen LogP contribution in [-0.2, 0) is 26.4 Å². The first-order chi connectivity index (χ1) is 18.9. The molecule has 2 aromatic heterocycles. The Morgan fingerprint density at radius 1 is 1.27 bits per heavy atom. The first-order valence-electron chi connectivity index (χ1n) is 12.6. The van der Waals surface area contributed by atoms with Crippen molar-refractivity contribution in [2.24, 2.45) is 0 Å². The van der Waals surface area contributed by atoms with E-state index in [2.05, 4.69) is 5.32 Å². The normalized spacial score (nSPS) is 12.2. The van der Waals surface area contributed by atoms with Gasteiger partial charge in [-0.05, 0) is 58.4 Å². The van der Waals surface area contributed by atoms with Gasteiger partial charge in [-0.3, -0.25) is 14.2 Å². The molecule has 1 amide bonds. The summed E-state index contributed by atoms with van der Waals surface area (Å²) < 4.78 is 27.1. The van der Waals surface area contributed by atoms with E-state index in [4.69, 9.17) is 14.7 Å². The second kappa shape index (κ2) is 12.4. The van der Waals surface area contributed by atoms with E-state index in [1.807, 2.05) is 6.07 Å². The molecule has 0 unspecified atom stereocenters. The molecule has 1 atom stereocenters. The van der Waals surface area contributed by atoms with Gasteiger partial charge in [0, 0.05) is 12.1 Å². The minimum absolute atomic E-state index is 0.0117. The van der Waals surface area contributed by atoms with Crippen LogP contribution in [0, 0.1) is 24.1 Å². The average molecular weight is 575 g/mol. The number of hydrogen-bond donors (Lipinski definition) is 2. The van der Waals surface area contributed by atoms with Crippen molar-refractivity contribution in [2.45, 2.75) is 59.2 Å². The number of amides is 1. The summed E-state index contributed by atoms with van der Waals surface area (Å²) in [5.41, 5.74) is -3.01. The molecule has 1 aromatic carbocycles. The monoisotopic (exact) mass is 574 g/mol. The number of halogens is 1. The maximum Gasteiger partial charge on any atom is 0.348 e. The number of rotatable bonds is 11. The van der Waals surface area contributed by atoms with Crippen molar-refractivity contribution in [3.05, 3.63) is 60.9 Å². The van der Waals surface area contributed by atoms with Gasteiger partial charge in [-0.1, -0.05) is 0 Å². The molecule has 0 aliphatic rings. The highest BCUT2D eigenvalue weighted by atomic mass is 32.1. The van der Waals surface area contributed by atoms with Gasteiger partial charge in [0.1, 0.15) is 32.9 Å². The standard InChI is InChI=1S/C27H31FN4O7S/c1-6-30-25(36)27(4,5)32-22(34)20-15(3)21(24(35)38-7-2)40-23(20)31(26(32)37)14-19(39-12-8-11-29)17-13-16(28)9-10-18(17)33/h9-10,13,19,33H,6-8,12,14H2,1-5H3,(H,30,36)/t19-/m0/s1. The van der Waals surface area contributed by atoms with Gasteiger partial charge in [0.05, 0.1) is 37.6 Å². The fraction of sp³-hybridized carbons (Fsp3) is 0.444. The lowest BCUT2D eigenvalue weighted by Crippen LogP contribution is -2.55. The summed E-state index contributed by atoms with van der Waals surface area (Å²) in [7, 11) is 0. The van der Waals surface area contributed by atoms with Crippen LogP contribution in [0.25, 0.3) is 10.2 Å². The van der Waals surface area contributed by atoms with E-state index in [9.17, 15) is 28.7 Å². The quantitative estimate of drug-likeness (QED) is 0.262. The number of fused-ring (bicyclic) bond motifs is 1. The van der Waals surface area contributed by atoms with Gasteiger partial charge >= 0.3 is 11.7 Å². The number of esters is 1. The third kappa shape index (κ3) is 5.78. The minimum Gasteiger partial charge on any atom is -0.508 e. The fourth-order valence-corrected chi connectivity index (χ4v) is 5.50. The Labute approximate surface area is 233 Å². The predicted octanol–water partition coefficient (Wildman–Crippen LogP) is 3.10. The maximum atomic E-state index is 14.2. The second-order valence-electron chi connectivity index (χ2n) is 9.38. The van der Waals surface area contributed by atoms with Crippen LogP contribution in [-0.4, -0.2) is 45.9 Å². The number of phenolic OH excluding ortho intramolecular Hbond substituents is 1. The lowest BCUT2D eigenvalue weighted by atomic mass is 10.0. The molecule has 0 saturated carbocycles. The molecule has 13 heteroatoms. The third-order valence-corrected chi connectivity index (χ3v) is 7.64. The molecule has 0 bridgehead atoms. The molecule has 214 valence electrons. The average Bonchev–Trinajstić information content (AvgIpc) is 3.24. The largest absolute Gasteiger partial charge is 0.508 e. The Hall–Kier alpha value is -4.02. The molecule has 0 spiro atoms. The van der Waals surface area contributed by atoms with Crippen molar-refractivity contribution in [2.75, 3.05) is 19.8 Å². The zero-order valence-corrected chi connectivity index (χ0v) is 23.7. The summed E-state index contributed by atoms with van der Waals surface area (Å²) in [6, 6.07) is 5.17. The number of aryl methyl sites for hydroxylation is 1. The smallest absolute Gasteiger partial charge is 0.348 e. The van der Waals surface area contributed by atoms with Crippen LogP contribution in [0.5, 0.6) is 5.75 Å². The molecule has 2 heterocycles. The van der Waals surface area contributed by atoms with E-state index < -0.39 is 40.6 Å². The van der Waals surface area contributed by atoms with Crippen molar-refractivity contribution < 1.29 is 28.6 Å². The van der Waals surface area contributed by atoms with Gasteiger partial charge in [0.15, 0.2) is 0 Å². The number of phenols is 1. The van der Waals surface area contributed by atoms with Crippen molar-refractivity contribution in [3.63, 3.8) is 0 Å². The van der Waals surface area contributed by atoms with Crippen LogP contribution >= 0.6 is 11.3 Å². The Balaban J connectivity index is 2.38. The molecular weight excluding hydrogens is 543 g/mol. The molecule has 0 saturated heterocycles. The molecule has 0 radical (unpaired) electrons. The topological polar surface area (TPSA) is 153 Å².